The lowest BCUT2D eigenvalue weighted by molar-refractivity contribution is -0.136. The highest BCUT2D eigenvalue weighted by Gasteiger charge is 2.23. The Bertz CT molecular complexity index is 286. The van der Waals surface area contributed by atoms with Crippen LogP contribution in [0.3, 0.4) is 0 Å². The molecule has 0 aromatic heterocycles. The maximum atomic E-state index is 12.1. The highest BCUT2D eigenvalue weighted by molar-refractivity contribution is 5.87. The molecule has 0 aromatic carbocycles. The number of nitrogens with zero attached hydrogens (tertiary/aromatic N) is 1. The van der Waals surface area contributed by atoms with Crippen LogP contribution in [-0.4, -0.2) is 41.9 Å². The molecule has 5 nitrogen and oxygen atoms in total. The van der Waals surface area contributed by atoms with E-state index in [0.29, 0.717) is 12.8 Å². The van der Waals surface area contributed by atoms with E-state index >= 15 is 0 Å². The zero-order valence-electron chi connectivity index (χ0n) is 11.4. The Kier molecular flexibility index (Phi) is 6.12. The van der Waals surface area contributed by atoms with Crippen molar-refractivity contribution in [3.63, 3.8) is 0 Å². The van der Waals surface area contributed by atoms with Gasteiger partial charge in [0.15, 0.2) is 0 Å². The summed E-state index contributed by atoms with van der Waals surface area (Å²) in [7, 11) is 0. The lowest BCUT2D eigenvalue weighted by Gasteiger charge is -2.29. The molecule has 18 heavy (non-hydrogen) atoms. The van der Waals surface area contributed by atoms with Gasteiger partial charge in [-0.1, -0.05) is 0 Å². The maximum Gasteiger partial charge on any atom is 0.244 e. The van der Waals surface area contributed by atoms with E-state index in [9.17, 15) is 9.59 Å². The fourth-order valence-corrected chi connectivity index (χ4v) is 2.12. The van der Waals surface area contributed by atoms with Gasteiger partial charge < -0.3 is 16.0 Å². The minimum atomic E-state index is -0.427. The molecule has 0 saturated carbocycles. The minimum absolute atomic E-state index is 0.0175. The highest BCUT2D eigenvalue weighted by Crippen LogP contribution is 2.10. The number of rotatable bonds is 5. The summed E-state index contributed by atoms with van der Waals surface area (Å²) in [5.74, 6) is -0.0611. The largest absolute Gasteiger partial charge is 0.345 e. The van der Waals surface area contributed by atoms with Gasteiger partial charge in [-0.05, 0) is 39.5 Å². The Morgan fingerprint density at radius 1 is 1.22 bits per heavy atom. The van der Waals surface area contributed by atoms with Crippen LogP contribution in [0.2, 0.25) is 0 Å². The molecule has 0 aliphatic carbocycles. The van der Waals surface area contributed by atoms with Crippen molar-refractivity contribution in [2.75, 3.05) is 13.1 Å². The molecule has 2 atom stereocenters. The second-order valence-electron chi connectivity index (χ2n) is 5.19. The van der Waals surface area contributed by atoms with E-state index in [1.807, 2.05) is 11.8 Å². The van der Waals surface area contributed by atoms with E-state index in [-0.39, 0.29) is 17.9 Å². The normalized spacial score (nSPS) is 19.2. The number of likely N-dealkylation sites (tertiary alicyclic amines) is 1. The molecule has 1 heterocycles. The second-order valence-corrected chi connectivity index (χ2v) is 5.19. The van der Waals surface area contributed by atoms with E-state index in [0.717, 1.165) is 25.9 Å². The average molecular weight is 255 g/mol. The first kappa shape index (κ1) is 15.0. The van der Waals surface area contributed by atoms with Crippen LogP contribution in [-0.2, 0) is 9.59 Å². The first-order valence-electron chi connectivity index (χ1n) is 6.84. The van der Waals surface area contributed by atoms with Crippen LogP contribution in [0.5, 0.6) is 0 Å². The molecule has 1 rings (SSSR count). The SMILES string of the molecule is CC(N)CCC(=O)NC(C)C(=O)N1CCCCC1. The van der Waals surface area contributed by atoms with Crippen LogP contribution in [0, 0.1) is 0 Å². The summed E-state index contributed by atoms with van der Waals surface area (Å²) >= 11 is 0. The molecule has 2 amide bonds. The lowest BCUT2D eigenvalue weighted by Crippen LogP contribution is -2.48. The Morgan fingerprint density at radius 3 is 2.39 bits per heavy atom. The maximum absolute atomic E-state index is 12.1. The lowest BCUT2D eigenvalue weighted by atomic mass is 10.1. The van der Waals surface area contributed by atoms with Crippen molar-refractivity contribution in [1.82, 2.24) is 10.2 Å². The first-order valence-corrected chi connectivity index (χ1v) is 6.84. The molecule has 104 valence electrons. The fraction of sp³-hybridized carbons (Fsp3) is 0.846. The standard InChI is InChI=1S/C13H25N3O2/c1-10(14)6-7-12(17)15-11(2)13(18)16-8-4-3-5-9-16/h10-11H,3-9,14H2,1-2H3,(H,15,17). The second kappa shape index (κ2) is 7.36. The monoisotopic (exact) mass is 255 g/mol. The number of piperidine rings is 1. The number of carbonyl (C=O) groups is 2. The molecule has 1 saturated heterocycles. The van der Waals surface area contributed by atoms with E-state index in [1.54, 1.807) is 6.92 Å². The summed E-state index contributed by atoms with van der Waals surface area (Å²) in [6, 6.07) is -0.410. The molecule has 5 heteroatoms. The van der Waals surface area contributed by atoms with Crippen LogP contribution < -0.4 is 11.1 Å². The quantitative estimate of drug-likeness (QED) is 0.756. The van der Waals surface area contributed by atoms with E-state index in [2.05, 4.69) is 5.32 Å². The topological polar surface area (TPSA) is 75.4 Å². The van der Waals surface area contributed by atoms with Crippen molar-refractivity contribution >= 4 is 11.8 Å². The van der Waals surface area contributed by atoms with Gasteiger partial charge in [0.25, 0.3) is 0 Å². The first-order chi connectivity index (χ1) is 8.50. The zero-order chi connectivity index (χ0) is 13.5. The third-order valence-corrected chi connectivity index (χ3v) is 3.24. The van der Waals surface area contributed by atoms with E-state index in [1.165, 1.54) is 6.42 Å². The number of amides is 2. The summed E-state index contributed by atoms with van der Waals surface area (Å²) < 4.78 is 0. The van der Waals surface area contributed by atoms with E-state index in [4.69, 9.17) is 5.73 Å². The number of hydrogen-bond donors (Lipinski definition) is 2. The molecule has 0 aromatic rings. The van der Waals surface area contributed by atoms with Crippen LogP contribution in [0.15, 0.2) is 0 Å². The molecular weight excluding hydrogens is 230 g/mol. The van der Waals surface area contributed by atoms with Crippen molar-refractivity contribution in [1.29, 1.82) is 0 Å². The number of nitrogens with one attached hydrogen (secondary N) is 1. The molecule has 0 radical (unpaired) electrons. The van der Waals surface area contributed by atoms with Crippen molar-refractivity contribution in [3.05, 3.63) is 0 Å². The fourth-order valence-electron chi connectivity index (χ4n) is 2.12. The van der Waals surface area contributed by atoms with Crippen LogP contribution in [0.1, 0.15) is 46.0 Å². The number of hydrogen-bond acceptors (Lipinski definition) is 3. The summed E-state index contributed by atoms with van der Waals surface area (Å²) in [6.45, 7) is 5.26. The van der Waals surface area contributed by atoms with Gasteiger partial charge >= 0.3 is 0 Å². The molecule has 2 unspecified atom stereocenters. The van der Waals surface area contributed by atoms with Crippen molar-refractivity contribution < 1.29 is 9.59 Å². The van der Waals surface area contributed by atoms with Crippen molar-refractivity contribution in [2.24, 2.45) is 5.73 Å². The van der Waals surface area contributed by atoms with Gasteiger partial charge in [0.1, 0.15) is 6.04 Å². The number of carbonyl (C=O) groups excluding carboxylic acids is 2. The smallest absolute Gasteiger partial charge is 0.244 e. The number of nitrogens with two attached hydrogens (primary N) is 1. The molecule has 0 spiro atoms. The average Bonchev–Trinajstić information content (AvgIpc) is 2.36. The Morgan fingerprint density at radius 2 is 1.83 bits per heavy atom. The van der Waals surface area contributed by atoms with Gasteiger partial charge in [-0.25, -0.2) is 0 Å². The van der Waals surface area contributed by atoms with Crippen LogP contribution >= 0.6 is 0 Å². The molecule has 0 bridgehead atoms. The summed E-state index contributed by atoms with van der Waals surface area (Å²) in [4.78, 5) is 25.5. The van der Waals surface area contributed by atoms with Gasteiger partial charge in [-0.3, -0.25) is 9.59 Å². The van der Waals surface area contributed by atoms with E-state index < -0.39 is 6.04 Å². The van der Waals surface area contributed by atoms with Gasteiger partial charge in [-0.15, -0.1) is 0 Å². The molecule has 1 aliphatic heterocycles. The van der Waals surface area contributed by atoms with Crippen LogP contribution in [0.4, 0.5) is 0 Å². The van der Waals surface area contributed by atoms with Crippen LogP contribution in [0.25, 0.3) is 0 Å². The van der Waals surface area contributed by atoms with Gasteiger partial charge in [0.2, 0.25) is 11.8 Å². The summed E-state index contributed by atoms with van der Waals surface area (Å²) in [5.41, 5.74) is 5.59. The van der Waals surface area contributed by atoms with Gasteiger partial charge in [0.05, 0.1) is 0 Å². The van der Waals surface area contributed by atoms with Gasteiger partial charge in [0, 0.05) is 25.6 Å². The Labute approximate surface area is 109 Å². The predicted octanol–water partition coefficient (Wildman–Crippen LogP) is 0.631. The molecular formula is C13H25N3O2. The van der Waals surface area contributed by atoms with Crippen molar-refractivity contribution in [2.45, 2.75) is 58.0 Å². The Hall–Kier alpha value is -1.10. The van der Waals surface area contributed by atoms with Gasteiger partial charge in [-0.2, -0.15) is 0 Å². The highest BCUT2D eigenvalue weighted by atomic mass is 16.2. The molecule has 3 N–H and O–H groups in total. The summed E-state index contributed by atoms with van der Waals surface area (Å²) in [5, 5.41) is 2.75. The third-order valence-electron chi connectivity index (χ3n) is 3.24. The zero-order valence-corrected chi connectivity index (χ0v) is 11.4. The van der Waals surface area contributed by atoms with Crippen molar-refractivity contribution in [3.8, 4) is 0 Å². The minimum Gasteiger partial charge on any atom is -0.345 e. The molecule has 1 fully saturated rings. The predicted molar refractivity (Wildman–Crippen MR) is 70.9 cm³/mol. The Balaban J connectivity index is 2.32. The third kappa shape index (κ3) is 5.04. The molecule has 1 aliphatic rings. The summed E-state index contributed by atoms with van der Waals surface area (Å²) in [6.07, 6.45) is 4.36.